The third kappa shape index (κ3) is 3.43. The Labute approximate surface area is 94.6 Å². The van der Waals surface area contributed by atoms with Gasteiger partial charge in [0.1, 0.15) is 17.9 Å². The summed E-state index contributed by atoms with van der Waals surface area (Å²) in [6, 6.07) is 9.19. The van der Waals surface area contributed by atoms with Gasteiger partial charge in [-0.2, -0.15) is 5.26 Å². The van der Waals surface area contributed by atoms with Gasteiger partial charge in [-0.15, -0.1) is 0 Å². The topological polar surface area (TPSA) is 45.0 Å². The number of benzene rings is 1. The number of hydrogen-bond acceptors (Lipinski definition) is 3. The number of likely N-dealkylation sites (N-methyl/N-ethyl adjacent to an activating group) is 1. The van der Waals surface area contributed by atoms with E-state index in [0.29, 0.717) is 17.4 Å². The lowest BCUT2D eigenvalue weighted by Crippen LogP contribution is -2.43. The molecule has 0 aliphatic heterocycles. The molecule has 1 aromatic carbocycles. The summed E-state index contributed by atoms with van der Waals surface area (Å²) in [6.07, 6.45) is 0. The van der Waals surface area contributed by atoms with Gasteiger partial charge in [0.2, 0.25) is 0 Å². The highest BCUT2D eigenvalue weighted by molar-refractivity contribution is 6.30. The molecule has 0 bridgehead atoms. The zero-order chi connectivity index (χ0) is 11.3. The normalized spacial score (nSPS) is 14.0. The van der Waals surface area contributed by atoms with Gasteiger partial charge in [0.15, 0.2) is 0 Å². The van der Waals surface area contributed by atoms with Crippen LogP contribution >= 0.6 is 11.6 Å². The highest BCUT2D eigenvalue weighted by Gasteiger charge is 2.21. The minimum absolute atomic E-state index is 0.293. The number of rotatable bonds is 4. The van der Waals surface area contributed by atoms with Crippen molar-refractivity contribution < 1.29 is 4.74 Å². The Kier molecular flexibility index (Phi) is 3.96. The van der Waals surface area contributed by atoms with Crippen molar-refractivity contribution in [2.75, 3.05) is 13.7 Å². The first kappa shape index (κ1) is 11.8. The molecule has 3 nitrogen and oxygen atoms in total. The van der Waals surface area contributed by atoms with Gasteiger partial charge in [-0.1, -0.05) is 11.6 Å². The van der Waals surface area contributed by atoms with E-state index < -0.39 is 5.54 Å². The van der Waals surface area contributed by atoms with Gasteiger partial charge in [-0.05, 0) is 38.2 Å². The second-order valence-electron chi connectivity index (χ2n) is 3.44. The molecule has 1 N–H and O–H groups in total. The van der Waals surface area contributed by atoms with Crippen LogP contribution in [-0.2, 0) is 0 Å². The molecule has 0 saturated carbocycles. The maximum atomic E-state index is 8.89. The summed E-state index contributed by atoms with van der Waals surface area (Å²) in [6.45, 7) is 2.07. The van der Waals surface area contributed by atoms with Crippen LogP contribution in [0.5, 0.6) is 5.75 Å². The van der Waals surface area contributed by atoms with Crippen LogP contribution in [0.25, 0.3) is 0 Å². The molecule has 0 aromatic heterocycles. The Morgan fingerprint density at radius 1 is 1.47 bits per heavy atom. The lowest BCUT2D eigenvalue weighted by atomic mass is 10.1. The van der Waals surface area contributed by atoms with Crippen molar-refractivity contribution in [3.8, 4) is 11.8 Å². The van der Waals surface area contributed by atoms with Crippen molar-refractivity contribution in [2.45, 2.75) is 12.5 Å². The van der Waals surface area contributed by atoms with Crippen LogP contribution in [0.15, 0.2) is 24.3 Å². The fraction of sp³-hybridized carbons (Fsp3) is 0.364. The second-order valence-corrected chi connectivity index (χ2v) is 3.87. The predicted octanol–water partition coefficient (Wildman–Crippen LogP) is 2.22. The molecule has 4 heteroatoms. The van der Waals surface area contributed by atoms with Crippen LogP contribution in [0.1, 0.15) is 6.92 Å². The summed E-state index contributed by atoms with van der Waals surface area (Å²) in [5.74, 6) is 0.705. The standard InChI is InChI=1S/C11H13ClN2O/c1-11(7-13,14-2)8-15-10-5-3-9(12)4-6-10/h3-6,14H,8H2,1-2H3. The van der Waals surface area contributed by atoms with Crippen molar-refractivity contribution >= 4 is 11.6 Å². The Morgan fingerprint density at radius 3 is 2.53 bits per heavy atom. The molecule has 0 amide bonds. The maximum absolute atomic E-state index is 8.89. The van der Waals surface area contributed by atoms with E-state index in [1.54, 1.807) is 38.2 Å². The predicted molar refractivity (Wildman–Crippen MR) is 60.0 cm³/mol. The van der Waals surface area contributed by atoms with Gasteiger partial charge in [0, 0.05) is 5.02 Å². The largest absolute Gasteiger partial charge is 0.491 e. The van der Waals surface area contributed by atoms with Crippen molar-refractivity contribution in [3.63, 3.8) is 0 Å². The van der Waals surface area contributed by atoms with Crippen LogP contribution in [0.2, 0.25) is 5.02 Å². The first-order chi connectivity index (χ1) is 7.09. The molecule has 0 heterocycles. The number of halogens is 1. The first-order valence-corrected chi connectivity index (χ1v) is 4.96. The Morgan fingerprint density at radius 2 is 2.07 bits per heavy atom. The van der Waals surface area contributed by atoms with E-state index in [1.165, 1.54) is 0 Å². The monoisotopic (exact) mass is 224 g/mol. The summed E-state index contributed by atoms with van der Waals surface area (Å²) >= 11 is 5.74. The van der Waals surface area contributed by atoms with Crippen LogP contribution in [0.3, 0.4) is 0 Å². The molecule has 1 atom stereocenters. The van der Waals surface area contributed by atoms with Gasteiger partial charge in [-0.3, -0.25) is 5.32 Å². The van der Waals surface area contributed by atoms with E-state index >= 15 is 0 Å². The first-order valence-electron chi connectivity index (χ1n) is 4.58. The molecule has 80 valence electrons. The van der Waals surface area contributed by atoms with Crippen molar-refractivity contribution in [1.29, 1.82) is 5.26 Å². The number of ether oxygens (including phenoxy) is 1. The van der Waals surface area contributed by atoms with Crippen LogP contribution < -0.4 is 10.1 Å². The third-order valence-corrected chi connectivity index (χ3v) is 2.39. The zero-order valence-corrected chi connectivity index (χ0v) is 9.51. The van der Waals surface area contributed by atoms with E-state index in [-0.39, 0.29) is 0 Å². The fourth-order valence-electron chi connectivity index (χ4n) is 0.919. The molecule has 15 heavy (non-hydrogen) atoms. The Bertz CT molecular complexity index is 358. The molecular formula is C11H13ClN2O. The van der Waals surface area contributed by atoms with Crippen LogP contribution in [0, 0.1) is 11.3 Å². The molecule has 1 aromatic rings. The molecular weight excluding hydrogens is 212 g/mol. The molecule has 0 saturated heterocycles. The molecule has 0 radical (unpaired) electrons. The SMILES string of the molecule is CNC(C)(C#N)COc1ccc(Cl)cc1. The van der Waals surface area contributed by atoms with Crippen LogP contribution in [0.4, 0.5) is 0 Å². The van der Waals surface area contributed by atoms with Gasteiger partial charge < -0.3 is 4.74 Å². The van der Waals surface area contributed by atoms with E-state index in [0.717, 1.165) is 0 Å². The number of nitrogens with zero attached hydrogens (tertiary/aromatic N) is 1. The zero-order valence-electron chi connectivity index (χ0n) is 8.75. The van der Waals surface area contributed by atoms with Gasteiger partial charge in [0.25, 0.3) is 0 Å². The second kappa shape index (κ2) is 5.01. The minimum atomic E-state index is -0.667. The quantitative estimate of drug-likeness (QED) is 0.853. The van der Waals surface area contributed by atoms with Crippen LogP contribution in [-0.4, -0.2) is 19.2 Å². The maximum Gasteiger partial charge on any atom is 0.137 e. The van der Waals surface area contributed by atoms with Crippen molar-refractivity contribution in [3.05, 3.63) is 29.3 Å². The molecule has 1 rings (SSSR count). The van der Waals surface area contributed by atoms with E-state index in [9.17, 15) is 0 Å². The summed E-state index contributed by atoms with van der Waals surface area (Å²) in [4.78, 5) is 0. The average molecular weight is 225 g/mol. The number of nitrogens with one attached hydrogen (secondary N) is 1. The summed E-state index contributed by atoms with van der Waals surface area (Å²) in [5, 5.41) is 12.5. The van der Waals surface area contributed by atoms with Crippen molar-refractivity contribution in [1.82, 2.24) is 5.32 Å². The smallest absolute Gasteiger partial charge is 0.137 e. The highest BCUT2D eigenvalue weighted by atomic mass is 35.5. The fourth-order valence-corrected chi connectivity index (χ4v) is 1.04. The summed E-state index contributed by atoms with van der Waals surface area (Å²) in [7, 11) is 1.73. The van der Waals surface area contributed by atoms with Crippen molar-refractivity contribution in [2.24, 2.45) is 0 Å². The van der Waals surface area contributed by atoms with Gasteiger partial charge in [-0.25, -0.2) is 0 Å². The van der Waals surface area contributed by atoms with Gasteiger partial charge >= 0.3 is 0 Å². The van der Waals surface area contributed by atoms with E-state index in [4.69, 9.17) is 21.6 Å². The van der Waals surface area contributed by atoms with Gasteiger partial charge in [0.05, 0.1) is 6.07 Å². The molecule has 0 fully saturated rings. The number of hydrogen-bond donors (Lipinski definition) is 1. The Hall–Kier alpha value is -1.24. The lowest BCUT2D eigenvalue weighted by Gasteiger charge is -2.20. The molecule has 0 aliphatic rings. The third-order valence-electron chi connectivity index (χ3n) is 2.14. The Balaban J connectivity index is 2.58. The minimum Gasteiger partial charge on any atom is -0.491 e. The molecule has 1 unspecified atom stereocenters. The van der Waals surface area contributed by atoms with E-state index in [2.05, 4.69) is 11.4 Å². The molecule has 0 aliphatic carbocycles. The lowest BCUT2D eigenvalue weighted by molar-refractivity contribution is 0.242. The van der Waals surface area contributed by atoms with E-state index in [1.807, 2.05) is 0 Å². The summed E-state index contributed by atoms with van der Waals surface area (Å²) < 4.78 is 5.46. The highest BCUT2D eigenvalue weighted by Crippen LogP contribution is 2.16. The number of nitriles is 1. The summed E-state index contributed by atoms with van der Waals surface area (Å²) in [5.41, 5.74) is -0.667. The average Bonchev–Trinajstić information content (AvgIpc) is 2.28. The molecule has 0 spiro atoms.